The van der Waals surface area contributed by atoms with Crippen LogP contribution in [0.25, 0.3) is 11.1 Å². The van der Waals surface area contributed by atoms with Crippen LogP contribution in [0.4, 0.5) is 0 Å². The van der Waals surface area contributed by atoms with Gasteiger partial charge >= 0.3 is 0 Å². The molecule has 0 saturated heterocycles. The first-order valence-corrected chi connectivity index (χ1v) is 8.86. The summed E-state index contributed by atoms with van der Waals surface area (Å²) in [5.74, 6) is 1.58. The highest BCUT2D eigenvalue weighted by Crippen LogP contribution is 2.40. The summed E-state index contributed by atoms with van der Waals surface area (Å²) in [6.45, 7) is 0. The largest absolute Gasteiger partial charge is 0.497 e. The van der Waals surface area contributed by atoms with E-state index in [9.17, 15) is 4.79 Å². The molecule has 4 rings (SSSR count). The number of hydrogen-bond donors (Lipinski definition) is 0. The highest BCUT2D eigenvalue weighted by atomic mass is 16.5. The van der Waals surface area contributed by atoms with Crippen molar-refractivity contribution in [3.63, 3.8) is 0 Å². The molecule has 27 heavy (non-hydrogen) atoms. The highest BCUT2D eigenvalue weighted by Gasteiger charge is 2.27. The van der Waals surface area contributed by atoms with E-state index < -0.39 is 0 Å². The minimum absolute atomic E-state index is 0.0356. The number of allylic oxidation sites excluding steroid dienone is 2. The number of rotatable bonds is 5. The predicted molar refractivity (Wildman–Crippen MR) is 107 cm³/mol. The molecule has 3 nitrogen and oxygen atoms in total. The molecular formula is C24H20O3. The van der Waals surface area contributed by atoms with E-state index in [-0.39, 0.29) is 5.78 Å². The van der Waals surface area contributed by atoms with E-state index >= 15 is 0 Å². The molecule has 1 aliphatic rings. The summed E-state index contributed by atoms with van der Waals surface area (Å²) in [6, 6.07) is 23.3. The molecule has 134 valence electrons. The topological polar surface area (TPSA) is 35.5 Å². The third-order valence-corrected chi connectivity index (χ3v) is 4.97. The molecule has 0 atom stereocenters. The van der Waals surface area contributed by atoms with Crippen molar-refractivity contribution in [2.75, 3.05) is 14.2 Å². The molecule has 1 aliphatic carbocycles. The summed E-state index contributed by atoms with van der Waals surface area (Å²) < 4.78 is 10.5. The lowest BCUT2D eigenvalue weighted by atomic mass is 9.93. The highest BCUT2D eigenvalue weighted by molar-refractivity contribution is 6.36. The maximum Gasteiger partial charge on any atom is 0.193 e. The van der Waals surface area contributed by atoms with E-state index in [0.717, 1.165) is 40.2 Å². The van der Waals surface area contributed by atoms with Crippen LogP contribution < -0.4 is 9.47 Å². The van der Waals surface area contributed by atoms with Crippen molar-refractivity contribution in [3.8, 4) is 11.5 Å². The first-order valence-electron chi connectivity index (χ1n) is 8.86. The van der Waals surface area contributed by atoms with Crippen molar-refractivity contribution in [2.24, 2.45) is 0 Å². The Morgan fingerprint density at radius 1 is 0.778 bits per heavy atom. The summed E-state index contributed by atoms with van der Waals surface area (Å²) >= 11 is 0. The van der Waals surface area contributed by atoms with E-state index in [1.807, 2.05) is 66.7 Å². The van der Waals surface area contributed by atoms with Crippen LogP contribution in [0, 0.1) is 0 Å². The smallest absolute Gasteiger partial charge is 0.193 e. The van der Waals surface area contributed by atoms with Crippen molar-refractivity contribution in [1.82, 2.24) is 0 Å². The minimum Gasteiger partial charge on any atom is -0.497 e. The Kier molecular flexibility index (Phi) is 4.51. The molecule has 0 N–H and O–H groups in total. The Hall–Kier alpha value is -3.33. The number of ether oxygens (including phenoxy) is 2. The van der Waals surface area contributed by atoms with Crippen molar-refractivity contribution in [3.05, 3.63) is 95.1 Å². The molecule has 0 aromatic heterocycles. The molecule has 3 heteroatoms. The van der Waals surface area contributed by atoms with Gasteiger partial charge in [-0.2, -0.15) is 0 Å². The van der Waals surface area contributed by atoms with Gasteiger partial charge in [-0.3, -0.25) is 4.79 Å². The fourth-order valence-corrected chi connectivity index (χ4v) is 3.54. The Balaban J connectivity index is 1.82. The SMILES string of the molecule is COc1ccc(C(=O)C2=C(c3ccc(OC)cc3)Cc3ccccc32)cc1. The van der Waals surface area contributed by atoms with Gasteiger partial charge in [0.15, 0.2) is 5.78 Å². The second kappa shape index (κ2) is 7.12. The van der Waals surface area contributed by atoms with Crippen LogP contribution in [0.5, 0.6) is 11.5 Å². The van der Waals surface area contributed by atoms with Gasteiger partial charge in [0.25, 0.3) is 0 Å². The van der Waals surface area contributed by atoms with Crippen molar-refractivity contribution >= 4 is 16.9 Å². The Labute approximate surface area is 158 Å². The monoisotopic (exact) mass is 356 g/mol. The first-order chi connectivity index (χ1) is 13.2. The molecule has 0 unspecified atom stereocenters. The summed E-state index contributed by atoms with van der Waals surface area (Å²) in [4.78, 5) is 13.4. The van der Waals surface area contributed by atoms with Gasteiger partial charge < -0.3 is 9.47 Å². The average molecular weight is 356 g/mol. The van der Waals surface area contributed by atoms with Gasteiger partial charge in [-0.05, 0) is 65.1 Å². The second-order valence-electron chi connectivity index (χ2n) is 6.47. The summed E-state index contributed by atoms with van der Waals surface area (Å²) in [5.41, 5.74) is 5.74. The van der Waals surface area contributed by atoms with Gasteiger partial charge in [0.1, 0.15) is 11.5 Å². The zero-order valence-corrected chi connectivity index (χ0v) is 15.4. The van der Waals surface area contributed by atoms with Gasteiger partial charge in [0.2, 0.25) is 0 Å². The molecule has 0 saturated carbocycles. The molecular weight excluding hydrogens is 336 g/mol. The number of methoxy groups -OCH3 is 2. The molecule has 0 heterocycles. The average Bonchev–Trinajstić information content (AvgIpc) is 3.13. The predicted octanol–water partition coefficient (Wildman–Crippen LogP) is 5.05. The Morgan fingerprint density at radius 3 is 2.00 bits per heavy atom. The normalized spacial score (nSPS) is 12.7. The molecule has 0 fully saturated rings. The number of ketones is 1. The number of fused-ring (bicyclic) bond motifs is 1. The molecule has 3 aromatic carbocycles. The van der Waals surface area contributed by atoms with Crippen molar-refractivity contribution < 1.29 is 14.3 Å². The second-order valence-corrected chi connectivity index (χ2v) is 6.47. The van der Waals surface area contributed by atoms with E-state index in [1.165, 1.54) is 5.56 Å². The first kappa shape index (κ1) is 17.1. The maximum absolute atomic E-state index is 13.4. The van der Waals surface area contributed by atoms with Crippen LogP contribution in [-0.4, -0.2) is 20.0 Å². The van der Waals surface area contributed by atoms with Crippen LogP contribution in [0.1, 0.15) is 27.0 Å². The summed E-state index contributed by atoms with van der Waals surface area (Å²) in [5, 5.41) is 0. The third kappa shape index (κ3) is 3.13. The molecule has 0 spiro atoms. The quantitative estimate of drug-likeness (QED) is 0.600. The lowest BCUT2D eigenvalue weighted by Crippen LogP contribution is -2.03. The zero-order chi connectivity index (χ0) is 18.8. The fourth-order valence-electron chi connectivity index (χ4n) is 3.54. The van der Waals surface area contributed by atoms with Crippen molar-refractivity contribution in [2.45, 2.75) is 6.42 Å². The molecule has 0 amide bonds. The van der Waals surface area contributed by atoms with Gasteiger partial charge in [-0.1, -0.05) is 36.4 Å². The standard InChI is InChI=1S/C24H20O3/c1-26-19-11-7-16(8-12-19)22-15-18-5-3-4-6-21(18)23(22)24(25)17-9-13-20(27-2)14-10-17/h3-14H,15H2,1-2H3. The van der Waals surface area contributed by atoms with Crippen LogP contribution in [0.3, 0.4) is 0 Å². The van der Waals surface area contributed by atoms with Crippen LogP contribution in [0.2, 0.25) is 0 Å². The molecule has 0 bridgehead atoms. The third-order valence-electron chi connectivity index (χ3n) is 4.97. The van der Waals surface area contributed by atoms with Crippen molar-refractivity contribution in [1.29, 1.82) is 0 Å². The number of carbonyl (C=O) groups excluding carboxylic acids is 1. The van der Waals surface area contributed by atoms with Gasteiger partial charge in [0, 0.05) is 11.1 Å². The van der Waals surface area contributed by atoms with Crippen LogP contribution in [0.15, 0.2) is 72.8 Å². The van der Waals surface area contributed by atoms with E-state index in [2.05, 4.69) is 6.07 Å². The fraction of sp³-hybridized carbons (Fsp3) is 0.125. The Morgan fingerprint density at radius 2 is 1.37 bits per heavy atom. The lowest BCUT2D eigenvalue weighted by Gasteiger charge is -2.10. The van der Waals surface area contributed by atoms with E-state index in [0.29, 0.717) is 5.56 Å². The summed E-state index contributed by atoms with van der Waals surface area (Å²) in [7, 11) is 3.27. The lowest BCUT2D eigenvalue weighted by molar-refractivity contribution is 0.105. The number of Topliss-reactive ketones (excluding diaryl/α,β-unsaturated/α-hetero) is 1. The van der Waals surface area contributed by atoms with Gasteiger partial charge in [-0.25, -0.2) is 0 Å². The van der Waals surface area contributed by atoms with Crippen LogP contribution >= 0.6 is 0 Å². The van der Waals surface area contributed by atoms with Gasteiger partial charge in [-0.15, -0.1) is 0 Å². The minimum atomic E-state index is 0.0356. The number of carbonyl (C=O) groups is 1. The number of benzene rings is 3. The van der Waals surface area contributed by atoms with E-state index in [4.69, 9.17) is 9.47 Å². The Bertz CT molecular complexity index is 1010. The molecule has 0 aliphatic heterocycles. The molecule has 3 aromatic rings. The molecule has 0 radical (unpaired) electrons. The van der Waals surface area contributed by atoms with Crippen LogP contribution in [-0.2, 0) is 6.42 Å². The maximum atomic E-state index is 13.4. The number of hydrogen-bond acceptors (Lipinski definition) is 3. The van der Waals surface area contributed by atoms with Gasteiger partial charge in [0.05, 0.1) is 14.2 Å². The zero-order valence-electron chi connectivity index (χ0n) is 15.4. The van der Waals surface area contributed by atoms with E-state index in [1.54, 1.807) is 14.2 Å². The summed E-state index contributed by atoms with van der Waals surface area (Å²) in [6.07, 6.45) is 0.750.